The smallest absolute Gasteiger partial charge is 0.336 e. The lowest BCUT2D eigenvalue weighted by atomic mass is 9.80. The predicted molar refractivity (Wildman–Crippen MR) is 112 cm³/mol. The van der Waals surface area contributed by atoms with Crippen molar-refractivity contribution >= 4 is 41.1 Å². The van der Waals surface area contributed by atoms with E-state index in [4.69, 9.17) is 37.4 Å². The topological polar surface area (TPSA) is 90.9 Å². The standard InChI is InChI=1S/C21H23Cl2NO6/c1-5-28-20(26)16-11(3)24-15(10-30-12(4)25)18(21(27)29-6-2)17(16)13-8-7-9-14(22)19(13)23/h7-9,17,24H,5-6,10H2,1-4H3. The van der Waals surface area contributed by atoms with Crippen LogP contribution >= 0.6 is 23.2 Å². The van der Waals surface area contributed by atoms with E-state index in [1.54, 1.807) is 39.0 Å². The van der Waals surface area contributed by atoms with Crippen molar-refractivity contribution in [3.05, 3.63) is 56.3 Å². The molecule has 0 saturated carbocycles. The molecule has 1 N–H and O–H groups in total. The Hall–Kier alpha value is -2.51. The third kappa shape index (κ3) is 5.15. The molecule has 1 aliphatic rings. The van der Waals surface area contributed by atoms with E-state index < -0.39 is 23.8 Å². The third-order valence-electron chi connectivity index (χ3n) is 4.35. The molecule has 1 aromatic carbocycles. The lowest BCUT2D eigenvalue weighted by Crippen LogP contribution is -2.35. The molecule has 0 saturated heterocycles. The zero-order valence-corrected chi connectivity index (χ0v) is 18.6. The van der Waals surface area contributed by atoms with Crippen LogP contribution in [0.15, 0.2) is 40.7 Å². The first-order valence-electron chi connectivity index (χ1n) is 9.35. The van der Waals surface area contributed by atoms with E-state index in [1.807, 2.05) is 0 Å². The lowest BCUT2D eigenvalue weighted by Gasteiger charge is -2.31. The summed E-state index contributed by atoms with van der Waals surface area (Å²) >= 11 is 12.7. The van der Waals surface area contributed by atoms with Gasteiger partial charge in [-0.2, -0.15) is 0 Å². The van der Waals surface area contributed by atoms with Gasteiger partial charge in [0.2, 0.25) is 0 Å². The van der Waals surface area contributed by atoms with Gasteiger partial charge >= 0.3 is 17.9 Å². The Morgan fingerprint density at radius 1 is 1.00 bits per heavy atom. The Kier molecular flexibility index (Phi) is 8.32. The van der Waals surface area contributed by atoms with Gasteiger partial charge in [0.15, 0.2) is 0 Å². The molecule has 1 heterocycles. The second kappa shape index (κ2) is 10.5. The van der Waals surface area contributed by atoms with Crippen LogP contribution in [-0.2, 0) is 28.6 Å². The normalized spacial score (nSPS) is 16.1. The van der Waals surface area contributed by atoms with E-state index in [9.17, 15) is 14.4 Å². The number of ether oxygens (including phenoxy) is 3. The summed E-state index contributed by atoms with van der Waals surface area (Å²) in [5.41, 5.74) is 1.43. The number of hydrogen-bond acceptors (Lipinski definition) is 7. The van der Waals surface area contributed by atoms with E-state index in [0.717, 1.165) is 0 Å². The van der Waals surface area contributed by atoms with Crippen molar-refractivity contribution in [2.75, 3.05) is 19.8 Å². The molecule has 1 unspecified atom stereocenters. The van der Waals surface area contributed by atoms with Crippen LogP contribution in [0.4, 0.5) is 0 Å². The van der Waals surface area contributed by atoms with E-state index in [0.29, 0.717) is 11.3 Å². The molecule has 0 spiro atoms. The number of carbonyl (C=O) groups is 3. The first-order chi connectivity index (χ1) is 14.2. The van der Waals surface area contributed by atoms with Gasteiger partial charge in [0.1, 0.15) is 6.61 Å². The largest absolute Gasteiger partial charge is 0.463 e. The molecule has 1 aromatic rings. The Morgan fingerprint density at radius 2 is 1.60 bits per heavy atom. The average molecular weight is 456 g/mol. The number of benzene rings is 1. The van der Waals surface area contributed by atoms with Crippen LogP contribution in [-0.4, -0.2) is 37.7 Å². The molecule has 0 aliphatic carbocycles. The maximum Gasteiger partial charge on any atom is 0.336 e. The molecule has 2 rings (SSSR count). The van der Waals surface area contributed by atoms with Gasteiger partial charge in [-0.3, -0.25) is 4.79 Å². The summed E-state index contributed by atoms with van der Waals surface area (Å²) in [5.74, 6) is -2.75. The molecular weight excluding hydrogens is 433 g/mol. The molecule has 1 aliphatic heterocycles. The lowest BCUT2D eigenvalue weighted by molar-refractivity contribution is -0.142. The molecule has 7 nitrogen and oxygen atoms in total. The molecule has 0 aromatic heterocycles. The molecule has 0 bridgehead atoms. The molecule has 0 radical (unpaired) electrons. The summed E-state index contributed by atoms with van der Waals surface area (Å²) in [4.78, 5) is 37.2. The van der Waals surface area contributed by atoms with Crippen molar-refractivity contribution in [3.63, 3.8) is 0 Å². The van der Waals surface area contributed by atoms with Gasteiger partial charge in [0.25, 0.3) is 0 Å². The van der Waals surface area contributed by atoms with Crippen LogP contribution in [0.3, 0.4) is 0 Å². The summed E-state index contributed by atoms with van der Waals surface area (Å²) in [6.45, 7) is 6.29. The summed E-state index contributed by atoms with van der Waals surface area (Å²) < 4.78 is 15.6. The van der Waals surface area contributed by atoms with Crippen LogP contribution in [0.2, 0.25) is 10.0 Å². The summed E-state index contributed by atoms with van der Waals surface area (Å²) in [6.07, 6.45) is 0. The number of halogens is 2. The average Bonchev–Trinajstić information content (AvgIpc) is 2.68. The molecular formula is C21H23Cl2NO6. The second-order valence-corrected chi connectivity index (χ2v) is 7.14. The first kappa shape index (κ1) is 23.8. The summed E-state index contributed by atoms with van der Waals surface area (Å²) in [5, 5.41) is 3.44. The van der Waals surface area contributed by atoms with E-state index in [2.05, 4.69) is 5.32 Å². The van der Waals surface area contributed by atoms with Crippen molar-refractivity contribution < 1.29 is 28.6 Å². The molecule has 162 valence electrons. The van der Waals surface area contributed by atoms with Crippen molar-refractivity contribution in [1.29, 1.82) is 0 Å². The van der Waals surface area contributed by atoms with Crippen LogP contribution in [0, 0.1) is 0 Å². The van der Waals surface area contributed by atoms with Gasteiger partial charge in [0.05, 0.1) is 46.0 Å². The maximum absolute atomic E-state index is 13.0. The number of nitrogens with one attached hydrogen (secondary N) is 1. The quantitative estimate of drug-likeness (QED) is 0.492. The molecule has 1 atom stereocenters. The van der Waals surface area contributed by atoms with Gasteiger partial charge in [-0.25, -0.2) is 9.59 Å². The zero-order chi connectivity index (χ0) is 22.4. The Morgan fingerprint density at radius 3 is 2.17 bits per heavy atom. The second-order valence-electron chi connectivity index (χ2n) is 6.35. The van der Waals surface area contributed by atoms with Crippen molar-refractivity contribution in [2.45, 2.75) is 33.6 Å². The summed E-state index contributed by atoms with van der Waals surface area (Å²) in [6, 6.07) is 4.93. The van der Waals surface area contributed by atoms with Crippen LogP contribution in [0.25, 0.3) is 0 Å². The van der Waals surface area contributed by atoms with E-state index in [1.165, 1.54) is 6.92 Å². The fraction of sp³-hybridized carbons (Fsp3) is 0.381. The monoisotopic (exact) mass is 455 g/mol. The van der Waals surface area contributed by atoms with Gasteiger partial charge in [-0.15, -0.1) is 0 Å². The van der Waals surface area contributed by atoms with E-state index in [-0.39, 0.29) is 46.7 Å². The zero-order valence-electron chi connectivity index (χ0n) is 17.1. The fourth-order valence-corrected chi connectivity index (χ4v) is 3.58. The number of hydrogen-bond donors (Lipinski definition) is 1. The van der Waals surface area contributed by atoms with Crippen LogP contribution in [0.5, 0.6) is 0 Å². The highest BCUT2D eigenvalue weighted by atomic mass is 35.5. The Labute approximate surface area is 185 Å². The van der Waals surface area contributed by atoms with Crippen molar-refractivity contribution in [1.82, 2.24) is 5.32 Å². The minimum atomic E-state index is -0.930. The summed E-state index contributed by atoms with van der Waals surface area (Å²) in [7, 11) is 0. The number of rotatable bonds is 7. The first-order valence-corrected chi connectivity index (χ1v) is 10.1. The minimum Gasteiger partial charge on any atom is -0.463 e. The molecule has 0 fully saturated rings. The Bertz CT molecular complexity index is 922. The van der Waals surface area contributed by atoms with Crippen LogP contribution in [0.1, 0.15) is 39.2 Å². The highest BCUT2D eigenvalue weighted by molar-refractivity contribution is 6.42. The van der Waals surface area contributed by atoms with Gasteiger partial charge in [0, 0.05) is 12.6 Å². The number of carbonyl (C=O) groups excluding carboxylic acids is 3. The predicted octanol–water partition coefficient (Wildman–Crippen LogP) is 3.90. The number of allylic oxidation sites excluding steroid dienone is 1. The van der Waals surface area contributed by atoms with Crippen molar-refractivity contribution in [2.24, 2.45) is 0 Å². The molecule has 30 heavy (non-hydrogen) atoms. The van der Waals surface area contributed by atoms with Crippen molar-refractivity contribution in [3.8, 4) is 0 Å². The molecule has 9 heteroatoms. The van der Waals surface area contributed by atoms with Gasteiger partial charge < -0.3 is 19.5 Å². The molecule has 0 amide bonds. The highest BCUT2D eigenvalue weighted by Gasteiger charge is 2.40. The fourth-order valence-electron chi connectivity index (χ4n) is 3.17. The third-order valence-corrected chi connectivity index (χ3v) is 5.18. The van der Waals surface area contributed by atoms with Gasteiger partial charge in [-0.1, -0.05) is 35.3 Å². The van der Waals surface area contributed by atoms with Crippen LogP contribution < -0.4 is 5.32 Å². The SMILES string of the molecule is CCOC(=O)C1=C(C)NC(COC(C)=O)=C(C(=O)OCC)C1c1cccc(Cl)c1Cl. The minimum absolute atomic E-state index is 0.0934. The Balaban J connectivity index is 2.77. The van der Waals surface area contributed by atoms with Gasteiger partial charge in [-0.05, 0) is 32.4 Å². The maximum atomic E-state index is 13.0. The van der Waals surface area contributed by atoms with E-state index >= 15 is 0 Å². The number of esters is 3. The highest BCUT2D eigenvalue weighted by Crippen LogP contribution is 2.43. The number of dihydropyridines is 1.